The maximum atomic E-state index is 12.9. The average Bonchev–Trinajstić information content (AvgIpc) is 3.29. The van der Waals surface area contributed by atoms with Gasteiger partial charge in [0.2, 0.25) is 5.13 Å². The summed E-state index contributed by atoms with van der Waals surface area (Å²) in [6.45, 7) is 1.31. The van der Waals surface area contributed by atoms with Gasteiger partial charge in [-0.1, -0.05) is 41.7 Å². The smallest absolute Gasteiger partial charge is 0.291 e. The van der Waals surface area contributed by atoms with Crippen LogP contribution in [0.15, 0.2) is 58.9 Å². The third kappa shape index (κ3) is 4.94. The lowest BCUT2D eigenvalue weighted by Crippen LogP contribution is -2.36. The number of nitrogens with zero attached hydrogens (tertiary/aromatic N) is 3. The Hall–Kier alpha value is -3.31. The third-order valence-corrected chi connectivity index (χ3v) is 7.51. The van der Waals surface area contributed by atoms with Crippen molar-refractivity contribution in [2.24, 2.45) is 0 Å². The molecule has 2 aromatic carbocycles. The molecular formula is C21H21N5O4S2. The Labute approximate surface area is 189 Å². The van der Waals surface area contributed by atoms with Gasteiger partial charge in [0.1, 0.15) is 0 Å². The Morgan fingerprint density at radius 2 is 1.59 bits per heavy atom. The molecule has 0 saturated carbocycles. The lowest BCUT2D eigenvalue weighted by Gasteiger charge is -2.27. The van der Waals surface area contributed by atoms with Crippen LogP contribution in [0.2, 0.25) is 0 Å². The van der Waals surface area contributed by atoms with Crippen LogP contribution in [-0.4, -0.2) is 48.4 Å². The molecule has 9 nitrogen and oxygen atoms in total. The Balaban J connectivity index is 1.51. The molecule has 1 aromatic heterocycles. The van der Waals surface area contributed by atoms with Crippen molar-refractivity contribution >= 4 is 44.0 Å². The van der Waals surface area contributed by atoms with Crippen molar-refractivity contribution in [3.05, 3.63) is 65.7 Å². The Bertz CT molecular complexity index is 1220. The van der Waals surface area contributed by atoms with Gasteiger partial charge in [-0.2, -0.15) is 8.42 Å². The molecule has 3 aromatic rings. The molecule has 0 bridgehead atoms. The number of rotatable bonds is 6. The molecule has 0 unspecified atom stereocenters. The molecule has 1 saturated heterocycles. The summed E-state index contributed by atoms with van der Waals surface area (Å²) in [5.41, 5.74) is 0.864. The maximum absolute atomic E-state index is 12.9. The van der Waals surface area contributed by atoms with Crippen LogP contribution >= 0.6 is 11.3 Å². The summed E-state index contributed by atoms with van der Waals surface area (Å²) >= 11 is 0.724. The van der Waals surface area contributed by atoms with E-state index in [2.05, 4.69) is 20.2 Å². The van der Waals surface area contributed by atoms with Gasteiger partial charge >= 0.3 is 0 Å². The SMILES string of the molecule is O=C(Nc1nnc(S(=O)(=O)Nc2ccccc2C(=O)N2CCCCC2)s1)c1ccccc1. The van der Waals surface area contributed by atoms with E-state index in [0.29, 0.717) is 18.7 Å². The average molecular weight is 472 g/mol. The van der Waals surface area contributed by atoms with E-state index in [9.17, 15) is 18.0 Å². The highest BCUT2D eigenvalue weighted by Crippen LogP contribution is 2.26. The topological polar surface area (TPSA) is 121 Å². The monoisotopic (exact) mass is 471 g/mol. The van der Waals surface area contributed by atoms with Crippen molar-refractivity contribution in [3.63, 3.8) is 0 Å². The number of benzene rings is 2. The molecule has 1 aliphatic rings. The highest BCUT2D eigenvalue weighted by molar-refractivity contribution is 7.94. The zero-order valence-electron chi connectivity index (χ0n) is 17.0. The van der Waals surface area contributed by atoms with Gasteiger partial charge in [-0.25, -0.2) is 0 Å². The van der Waals surface area contributed by atoms with Gasteiger partial charge in [0.25, 0.3) is 26.2 Å². The zero-order chi connectivity index (χ0) is 22.6. The Morgan fingerprint density at radius 1 is 0.906 bits per heavy atom. The lowest BCUT2D eigenvalue weighted by atomic mass is 10.1. The maximum Gasteiger partial charge on any atom is 0.291 e. The largest absolute Gasteiger partial charge is 0.339 e. The van der Waals surface area contributed by atoms with Gasteiger partial charge in [0.05, 0.1) is 11.3 Å². The van der Waals surface area contributed by atoms with Crippen LogP contribution in [0.4, 0.5) is 10.8 Å². The highest BCUT2D eigenvalue weighted by Gasteiger charge is 2.25. The molecule has 0 atom stereocenters. The van der Waals surface area contributed by atoms with Crippen LogP contribution in [0.1, 0.15) is 40.0 Å². The quantitative estimate of drug-likeness (QED) is 0.533. The second-order valence-corrected chi connectivity index (χ2v) is 10.0. The predicted molar refractivity (Wildman–Crippen MR) is 121 cm³/mol. The summed E-state index contributed by atoms with van der Waals surface area (Å²) in [5.74, 6) is -0.632. The number of carbonyl (C=O) groups excluding carboxylic acids is 2. The van der Waals surface area contributed by atoms with Gasteiger partial charge in [-0.15, -0.1) is 10.2 Å². The molecular weight excluding hydrogens is 450 g/mol. The molecule has 0 aliphatic carbocycles. The number of amides is 2. The second kappa shape index (κ2) is 9.45. The molecule has 1 fully saturated rings. The van der Waals surface area contributed by atoms with Crippen LogP contribution in [0.25, 0.3) is 0 Å². The fourth-order valence-electron chi connectivity index (χ4n) is 3.34. The van der Waals surface area contributed by atoms with E-state index >= 15 is 0 Å². The van der Waals surface area contributed by atoms with Crippen molar-refractivity contribution in [1.82, 2.24) is 15.1 Å². The number of likely N-dealkylation sites (tertiary alicyclic amines) is 1. The minimum atomic E-state index is -4.11. The number of hydrogen-bond donors (Lipinski definition) is 2. The fourth-order valence-corrected chi connectivity index (χ4v) is 5.32. The first kappa shape index (κ1) is 21.9. The fraction of sp³-hybridized carbons (Fsp3) is 0.238. The molecule has 166 valence electrons. The highest BCUT2D eigenvalue weighted by atomic mass is 32.2. The van der Waals surface area contributed by atoms with E-state index in [0.717, 1.165) is 30.6 Å². The van der Waals surface area contributed by atoms with Crippen molar-refractivity contribution < 1.29 is 18.0 Å². The van der Waals surface area contributed by atoms with Crippen LogP contribution in [0, 0.1) is 0 Å². The first-order valence-corrected chi connectivity index (χ1v) is 12.3. The molecule has 2 N–H and O–H groups in total. The molecule has 2 heterocycles. The standard InChI is InChI=1S/C21H21N5O4S2/c27-18(15-9-3-1-4-10-15)22-20-23-24-21(31-20)32(29,30)25-17-12-6-5-11-16(17)19(28)26-13-7-2-8-14-26/h1,3-6,9-12,25H,2,7-8,13-14H2,(H,22,23,27). The molecule has 0 radical (unpaired) electrons. The van der Waals surface area contributed by atoms with Gasteiger partial charge < -0.3 is 4.90 Å². The minimum Gasteiger partial charge on any atom is -0.339 e. The molecule has 32 heavy (non-hydrogen) atoms. The van der Waals surface area contributed by atoms with E-state index in [1.54, 1.807) is 53.4 Å². The summed E-state index contributed by atoms with van der Waals surface area (Å²) in [5, 5.41) is 10.1. The summed E-state index contributed by atoms with van der Waals surface area (Å²) < 4.78 is 27.9. The van der Waals surface area contributed by atoms with E-state index in [4.69, 9.17) is 0 Å². The number of hydrogen-bond acceptors (Lipinski definition) is 7. The summed E-state index contributed by atoms with van der Waals surface area (Å²) in [7, 11) is -4.11. The number of carbonyl (C=O) groups is 2. The molecule has 4 rings (SSSR count). The summed E-state index contributed by atoms with van der Waals surface area (Å²) in [6.07, 6.45) is 2.95. The number of anilines is 2. The normalized spacial score (nSPS) is 14.1. The van der Waals surface area contributed by atoms with E-state index in [-0.39, 0.29) is 26.6 Å². The van der Waals surface area contributed by atoms with E-state index in [1.807, 2.05) is 0 Å². The first-order chi connectivity index (χ1) is 15.4. The Morgan fingerprint density at radius 3 is 2.34 bits per heavy atom. The van der Waals surface area contributed by atoms with Gasteiger partial charge in [-0.05, 0) is 43.5 Å². The van der Waals surface area contributed by atoms with Crippen LogP contribution < -0.4 is 10.0 Å². The van der Waals surface area contributed by atoms with Crippen molar-refractivity contribution in [1.29, 1.82) is 0 Å². The van der Waals surface area contributed by atoms with Gasteiger partial charge in [0.15, 0.2) is 0 Å². The molecule has 1 aliphatic heterocycles. The Kier molecular flexibility index (Phi) is 6.47. The van der Waals surface area contributed by atoms with Crippen molar-refractivity contribution in [3.8, 4) is 0 Å². The van der Waals surface area contributed by atoms with Crippen LogP contribution in [0.5, 0.6) is 0 Å². The van der Waals surface area contributed by atoms with Crippen LogP contribution in [-0.2, 0) is 10.0 Å². The first-order valence-electron chi connectivity index (χ1n) is 10.0. The predicted octanol–water partition coefficient (Wildman–Crippen LogP) is 3.22. The zero-order valence-corrected chi connectivity index (χ0v) is 18.7. The number of para-hydroxylation sites is 1. The van der Waals surface area contributed by atoms with E-state index < -0.39 is 15.9 Å². The second-order valence-electron chi connectivity index (χ2n) is 7.20. The third-order valence-electron chi connectivity index (χ3n) is 4.94. The van der Waals surface area contributed by atoms with Gasteiger partial charge in [0, 0.05) is 18.7 Å². The van der Waals surface area contributed by atoms with Gasteiger partial charge in [-0.3, -0.25) is 19.6 Å². The van der Waals surface area contributed by atoms with Crippen LogP contribution in [0.3, 0.4) is 0 Å². The number of aromatic nitrogens is 2. The van der Waals surface area contributed by atoms with Crippen molar-refractivity contribution in [2.45, 2.75) is 23.6 Å². The summed E-state index contributed by atoms with van der Waals surface area (Å²) in [6, 6.07) is 15.0. The van der Waals surface area contributed by atoms with Crippen molar-refractivity contribution in [2.75, 3.05) is 23.1 Å². The molecule has 0 spiro atoms. The number of piperidine rings is 1. The van der Waals surface area contributed by atoms with E-state index in [1.165, 1.54) is 6.07 Å². The summed E-state index contributed by atoms with van der Waals surface area (Å²) in [4.78, 5) is 26.9. The number of sulfonamides is 1. The minimum absolute atomic E-state index is 0.0527. The molecule has 11 heteroatoms. The molecule has 2 amide bonds. The lowest BCUT2D eigenvalue weighted by molar-refractivity contribution is 0.0725. The number of nitrogens with one attached hydrogen (secondary N) is 2.